The summed E-state index contributed by atoms with van der Waals surface area (Å²) in [5.41, 5.74) is -1.86. The molecule has 1 saturated heterocycles. The molecule has 0 saturated carbocycles. The van der Waals surface area contributed by atoms with E-state index in [0.29, 0.717) is 29.2 Å². The lowest BCUT2D eigenvalue weighted by Crippen LogP contribution is -2.54. The molecule has 0 aliphatic carbocycles. The van der Waals surface area contributed by atoms with Crippen molar-refractivity contribution in [3.05, 3.63) is 61.1 Å². The lowest BCUT2D eigenvalue weighted by atomic mass is 10.0. The second kappa shape index (κ2) is 11.5. The highest BCUT2D eigenvalue weighted by Gasteiger charge is 2.39. The van der Waals surface area contributed by atoms with Crippen LogP contribution >= 0.6 is 11.3 Å². The Labute approximate surface area is 238 Å². The van der Waals surface area contributed by atoms with Crippen molar-refractivity contribution in [3.63, 3.8) is 0 Å². The fourth-order valence-corrected chi connectivity index (χ4v) is 6.11. The molecule has 0 radical (unpaired) electrons. The number of aromatic nitrogens is 2. The maximum Gasteiger partial charge on any atom is 0.333 e. The molecular weight excluding hydrogens is 532 g/mol. The third-order valence-corrected chi connectivity index (χ3v) is 8.50. The Morgan fingerprint density at radius 1 is 1.10 bits per heavy atom. The number of hydrogen-bond acceptors (Lipinski definition) is 8. The summed E-state index contributed by atoms with van der Waals surface area (Å²) in [6.45, 7) is 13.5. The van der Waals surface area contributed by atoms with Crippen molar-refractivity contribution in [1.29, 1.82) is 0 Å². The van der Waals surface area contributed by atoms with Gasteiger partial charge in [-0.3, -0.25) is 9.36 Å². The molecule has 3 aromatic rings. The van der Waals surface area contributed by atoms with Gasteiger partial charge in [-0.1, -0.05) is 18.2 Å². The van der Waals surface area contributed by atoms with Crippen LogP contribution in [-0.4, -0.2) is 47.1 Å². The minimum atomic E-state index is -1.55. The number of nitrogens with zero attached hydrogens (tertiary/aromatic N) is 2. The van der Waals surface area contributed by atoms with Crippen LogP contribution in [0.15, 0.2) is 33.9 Å². The summed E-state index contributed by atoms with van der Waals surface area (Å²) in [6.07, 6.45) is 0.848. The van der Waals surface area contributed by atoms with Gasteiger partial charge in [0.1, 0.15) is 27.8 Å². The van der Waals surface area contributed by atoms with Gasteiger partial charge in [0.25, 0.3) is 5.56 Å². The van der Waals surface area contributed by atoms with Crippen LogP contribution in [0.2, 0.25) is 0 Å². The SMILES string of the molecule is COc1ccccc1[C@H](Cn1c(=O)n(C(C)(C)C(=O)OC(C)(C)C)c(=O)c2c(C)c(C)sc21)OC1CCOCC1. The molecule has 1 atom stereocenters. The zero-order chi connectivity index (χ0) is 29.4. The van der Waals surface area contributed by atoms with E-state index in [4.69, 9.17) is 18.9 Å². The first-order valence-corrected chi connectivity index (χ1v) is 14.4. The molecule has 0 N–H and O–H groups in total. The normalized spacial score (nSPS) is 15.8. The van der Waals surface area contributed by atoms with Gasteiger partial charge in [0.05, 0.1) is 25.1 Å². The predicted molar refractivity (Wildman–Crippen MR) is 156 cm³/mol. The molecule has 1 aromatic carbocycles. The van der Waals surface area contributed by atoms with Crippen LogP contribution in [0.5, 0.6) is 5.75 Å². The van der Waals surface area contributed by atoms with Gasteiger partial charge in [-0.25, -0.2) is 14.2 Å². The molecule has 1 aliphatic heterocycles. The average molecular weight is 573 g/mol. The van der Waals surface area contributed by atoms with Crippen molar-refractivity contribution < 1.29 is 23.7 Å². The third kappa shape index (κ3) is 5.89. The van der Waals surface area contributed by atoms with Gasteiger partial charge in [0.15, 0.2) is 0 Å². The second-order valence-electron chi connectivity index (χ2n) is 11.7. The van der Waals surface area contributed by atoms with Gasteiger partial charge >= 0.3 is 11.7 Å². The van der Waals surface area contributed by atoms with E-state index in [2.05, 4.69) is 0 Å². The summed E-state index contributed by atoms with van der Waals surface area (Å²) < 4.78 is 26.1. The Morgan fingerprint density at radius 2 is 1.75 bits per heavy atom. The molecule has 1 fully saturated rings. The van der Waals surface area contributed by atoms with E-state index < -0.39 is 34.5 Å². The van der Waals surface area contributed by atoms with Crippen molar-refractivity contribution in [1.82, 2.24) is 9.13 Å². The summed E-state index contributed by atoms with van der Waals surface area (Å²) in [5, 5.41) is 0.420. The molecule has 3 heterocycles. The van der Waals surface area contributed by atoms with Gasteiger partial charge in [0, 0.05) is 23.7 Å². The van der Waals surface area contributed by atoms with Crippen LogP contribution in [0.1, 0.15) is 69.6 Å². The number of hydrogen-bond donors (Lipinski definition) is 0. The highest BCUT2D eigenvalue weighted by atomic mass is 32.1. The summed E-state index contributed by atoms with van der Waals surface area (Å²) in [5.74, 6) is -0.0146. The molecule has 9 nitrogen and oxygen atoms in total. The van der Waals surface area contributed by atoms with Crippen molar-refractivity contribution >= 4 is 27.5 Å². The van der Waals surface area contributed by atoms with Crippen LogP contribution < -0.4 is 16.0 Å². The Bertz CT molecular complexity index is 1500. The van der Waals surface area contributed by atoms with Crippen molar-refractivity contribution in [2.75, 3.05) is 20.3 Å². The number of esters is 1. The topological polar surface area (TPSA) is 98.0 Å². The van der Waals surface area contributed by atoms with Crippen LogP contribution in [-0.2, 0) is 31.1 Å². The summed E-state index contributed by atoms with van der Waals surface area (Å²) in [7, 11) is 1.60. The van der Waals surface area contributed by atoms with Gasteiger partial charge in [-0.15, -0.1) is 11.3 Å². The van der Waals surface area contributed by atoms with E-state index >= 15 is 0 Å². The van der Waals surface area contributed by atoms with Crippen molar-refractivity contribution in [2.45, 2.75) is 91.2 Å². The molecular formula is C30H40N2O7S. The lowest BCUT2D eigenvalue weighted by Gasteiger charge is -2.31. The Balaban J connectivity index is 1.93. The smallest absolute Gasteiger partial charge is 0.333 e. The Morgan fingerprint density at radius 3 is 2.38 bits per heavy atom. The highest BCUT2D eigenvalue weighted by Crippen LogP contribution is 2.34. The monoisotopic (exact) mass is 572 g/mol. The molecule has 2 aromatic heterocycles. The summed E-state index contributed by atoms with van der Waals surface area (Å²) in [6, 6.07) is 7.58. The minimum Gasteiger partial charge on any atom is -0.496 e. The number of aryl methyl sites for hydroxylation is 2. The first-order chi connectivity index (χ1) is 18.8. The highest BCUT2D eigenvalue weighted by molar-refractivity contribution is 7.18. The molecule has 0 spiro atoms. The predicted octanol–water partition coefficient (Wildman–Crippen LogP) is 4.86. The van der Waals surface area contributed by atoms with Gasteiger partial charge in [0.2, 0.25) is 0 Å². The average Bonchev–Trinajstić information content (AvgIpc) is 3.19. The molecule has 0 amide bonds. The lowest BCUT2D eigenvalue weighted by molar-refractivity contribution is -0.164. The Kier molecular flexibility index (Phi) is 8.63. The molecule has 40 heavy (non-hydrogen) atoms. The number of thiophene rings is 1. The molecule has 1 aliphatic rings. The van der Waals surface area contributed by atoms with Gasteiger partial charge in [-0.2, -0.15) is 0 Å². The number of methoxy groups -OCH3 is 1. The van der Waals surface area contributed by atoms with Crippen molar-refractivity contribution in [3.8, 4) is 5.75 Å². The summed E-state index contributed by atoms with van der Waals surface area (Å²) in [4.78, 5) is 43.0. The second-order valence-corrected chi connectivity index (χ2v) is 12.9. The number of para-hydroxylation sites is 1. The van der Waals surface area contributed by atoms with Crippen LogP contribution in [0, 0.1) is 13.8 Å². The number of carbonyl (C=O) groups excluding carboxylic acids is 1. The van der Waals surface area contributed by atoms with Crippen LogP contribution in [0.4, 0.5) is 0 Å². The molecule has 0 unspecified atom stereocenters. The van der Waals surface area contributed by atoms with Gasteiger partial charge < -0.3 is 18.9 Å². The Hall–Kier alpha value is -2.95. The fourth-order valence-electron chi connectivity index (χ4n) is 4.96. The van der Waals surface area contributed by atoms with Crippen molar-refractivity contribution in [2.24, 2.45) is 0 Å². The maximum atomic E-state index is 14.3. The third-order valence-electron chi connectivity index (χ3n) is 7.27. The van der Waals surface area contributed by atoms with E-state index in [9.17, 15) is 14.4 Å². The zero-order valence-electron chi connectivity index (χ0n) is 24.7. The number of carbonyl (C=O) groups is 1. The number of benzene rings is 1. The molecule has 218 valence electrons. The zero-order valence-corrected chi connectivity index (χ0v) is 25.5. The molecule has 10 heteroatoms. The number of ether oxygens (including phenoxy) is 4. The van der Waals surface area contributed by atoms with Crippen LogP contribution in [0.25, 0.3) is 10.2 Å². The first-order valence-electron chi connectivity index (χ1n) is 13.6. The van der Waals surface area contributed by atoms with E-state index in [1.807, 2.05) is 38.1 Å². The maximum absolute atomic E-state index is 14.3. The molecule has 4 rings (SSSR count). The van der Waals surface area contributed by atoms with E-state index in [0.717, 1.165) is 33.4 Å². The number of rotatable bonds is 8. The van der Waals surface area contributed by atoms with E-state index in [-0.39, 0.29) is 12.6 Å². The van der Waals surface area contributed by atoms with E-state index in [1.54, 1.807) is 46.3 Å². The fraction of sp³-hybridized carbons (Fsp3) is 0.567. The standard InChI is InChI=1S/C30H40N2O7S/c1-18-19(2)40-26-24(18)25(33)32(30(6,7)27(34)39-29(3,4)5)28(35)31(26)17-23(38-20-13-15-37-16-14-20)21-11-9-10-12-22(21)36-8/h9-12,20,23H,13-17H2,1-8H3/t23-/m0/s1. The quantitative estimate of drug-likeness (QED) is 0.356. The largest absolute Gasteiger partial charge is 0.496 e. The van der Waals surface area contributed by atoms with E-state index in [1.165, 1.54) is 11.3 Å². The first kappa shape index (κ1) is 30.0. The van der Waals surface area contributed by atoms with Gasteiger partial charge in [-0.05, 0) is 72.9 Å². The summed E-state index contributed by atoms with van der Waals surface area (Å²) >= 11 is 1.39. The van der Waals surface area contributed by atoms with Crippen LogP contribution in [0.3, 0.4) is 0 Å². The number of fused-ring (bicyclic) bond motifs is 1. The minimum absolute atomic E-state index is 0.0641. The molecule has 0 bridgehead atoms.